The van der Waals surface area contributed by atoms with Gasteiger partial charge in [-0.3, -0.25) is 4.21 Å². The fourth-order valence-corrected chi connectivity index (χ4v) is 3.19. The second kappa shape index (κ2) is 6.17. The fraction of sp³-hybridized carbons (Fsp3) is 0.250. The van der Waals surface area contributed by atoms with Gasteiger partial charge in [-0.2, -0.15) is 0 Å². The normalized spacial score (nSPS) is 12.6. The largest absolute Gasteiger partial charge is 0.395 e. The van der Waals surface area contributed by atoms with Crippen molar-refractivity contribution in [2.75, 3.05) is 12.4 Å². The van der Waals surface area contributed by atoms with Crippen LogP contribution in [0.25, 0.3) is 10.6 Å². The Morgan fingerprint density at radius 1 is 1.33 bits per heavy atom. The highest BCUT2D eigenvalue weighted by Gasteiger charge is 2.07. The standard InChI is InChI=1S/C12H12FNO2S2/c13-10-3-1-9(2-4-10)12-14-11(7-17-12)8-18(16)6-5-15/h1-4,7,15H,5-6,8H2. The summed E-state index contributed by atoms with van der Waals surface area (Å²) in [5.41, 5.74) is 1.59. The molecule has 96 valence electrons. The number of aliphatic hydroxyl groups excluding tert-OH is 1. The van der Waals surface area contributed by atoms with Gasteiger partial charge in [-0.05, 0) is 24.3 Å². The van der Waals surface area contributed by atoms with Crippen LogP contribution in [0, 0.1) is 5.82 Å². The molecule has 6 heteroatoms. The molecule has 0 radical (unpaired) electrons. The zero-order valence-corrected chi connectivity index (χ0v) is 11.1. The molecule has 0 aliphatic rings. The summed E-state index contributed by atoms with van der Waals surface area (Å²) in [5.74, 6) is 0.335. The van der Waals surface area contributed by atoms with E-state index >= 15 is 0 Å². The van der Waals surface area contributed by atoms with Gasteiger partial charge in [-0.1, -0.05) is 0 Å². The number of rotatable bonds is 5. The van der Waals surface area contributed by atoms with E-state index in [4.69, 9.17) is 5.11 Å². The van der Waals surface area contributed by atoms with Crippen molar-refractivity contribution < 1.29 is 13.7 Å². The molecule has 2 rings (SSSR count). The number of hydrogen-bond donors (Lipinski definition) is 1. The summed E-state index contributed by atoms with van der Waals surface area (Å²) in [6, 6.07) is 6.12. The fourth-order valence-electron chi connectivity index (χ4n) is 1.44. The van der Waals surface area contributed by atoms with Gasteiger partial charge in [-0.15, -0.1) is 11.3 Å². The lowest BCUT2D eigenvalue weighted by Gasteiger charge is -1.97. The number of nitrogens with zero attached hydrogens (tertiary/aromatic N) is 1. The van der Waals surface area contributed by atoms with E-state index in [0.29, 0.717) is 5.75 Å². The van der Waals surface area contributed by atoms with Crippen molar-refractivity contribution in [3.05, 3.63) is 41.2 Å². The van der Waals surface area contributed by atoms with Crippen LogP contribution in [0.15, 0.2) is 29.6 Å². The third-order valence-corrected chi connectivity index (χ3v) is 4.47. The van der Waals surface area contributed by atoms with Crippen molar-refractivity contribution in [1.29, 1.82) is 0 Å². The summed E-state index contributed by atoms with van der Waals surface area (Å²) < 4.78 is 24.3. The molecule has 0 saturated heterocycles. The zero-order valence-electron chi connectivity index (χ0n) is 9.51. The predicted octanol–water partition coefficient (Wildman–Crippen LogP) is 2.19. The summed E-state index contributed by atoms with van der Waals surface area (Å²) in [4.78, 5) is 4.35. The Hall–Kier alpha value is -1.11. The molecule has 0 fully saturated rings. The van der Waals surface area contributed by atoms with E-state index in [1.54, 1.807) is 12.1 Å². The molecule has 0 aliphatic heterocycles. The number of thiazole rings is 1. The van der Waals surface area contributed by atoms with Gasteiger partial charge in [0.2, 0.25) is 0 Å². The predicted molar refractivity (Wildman–Crippen MR) is 71.3 cm³/mol. The first-order valence-electron chi connectivity index (χ1n) is 5.35. The second-order valence-electron chi connectivity index (χ2n) is 3.66. The van der Waals surface area contributed by atoms with Crippen molar-refractivity contribution in [2.24, 2.45) is 0 Å². The monoisotopic (exact) mass is 285 g/mol. The first-order chi connectivity index (χ1) is 8.69. The van der Waals surface area contributed by atoms with Crippen LogP contribution in [0.2, 0.25) is 0 Å². The smallest absolute Gasteiger partial charge is 0.123 e. The van der Waals surface area contributed by atoms with Crippen LogP contribution in [0.3, 0.4) is 0 Å². The molecule has 1 unspecified atom stereocenters. The number of benzene rings is 1. The second-order valence-corrected chi connectivity index (χ2v) is 6.10. The molecular weight excluding hydrogens is 273 g/mol. The van der Waals surface area contributed by atoms with Gasteiger partial charge in [0.05, 0.1) is 18.1 Å². The highest BCUT2D eigenvalue weighted by atomic mass is 32.2. The number of aromatic nitrogens is 1. The highest BCUT2D eigenvalue weighted by Crippen LogP contribution is 2.24. The first kappa shape index (κ1) is 13.3. The number of aliphatic hydroxyl groups is 1. The van der Waals surface area contributed by atoms with E-state index in [1.165, 1.54) is 23.5 Å². The summed E-state index contributed by atoms with van der Waals surface area (Å²) in [5, 5.41) is 11.3. The van der Waals surface area contributed by atoms with Crippen molar-refractivity contribution in [3.8, 4) is 10.6 Å². The van der Waals surface area contributed by atoms with Crippen molar-refractivity contribution in [2.45, 2.75) is 5.75 Å². The quantitative estimate of drug-likeness (QED) is 0.916. The topological polar surface area (TPSA) is 50.2 Å². The maximum absolute atomic E-state index is 12.8. The molecule has 1 heterocycles. The third-order valence-electron chi connectivity index (χ3n) is 2.27. The summed E-state index contributed by atoms with van der Waals surface area (Å²) in [6.45, 7) is -0.0818. The van der Waals surface area contributed by atoms with Gasteiger partial charge < -0.3 is 5.11 Å². The minimum atomic E-state index is -1.08. The molecule has 0 aliphatic carbocycles. The summed E-state index contributed by atoms with van der Waals surface area (Å²) >= 11 is 1.44. The first-order valence-corrected chi connectivity index (χ1v) is 7.72. The lowest BCUT2D eigenvalue weighted by Crippen LogP contribution is -2.04. The van der Waals surface area contributed by atoms with Gasteiger partial charge in [0.15, 0.2) is 0 Å². The molecule has 2 aromatic rings. The van der Waals surface area contributed by atoms with Crippen LogP contribution < -0.4 is 0 Å². The highest BCUT2D eigenvalue weighted by molar-refractivity contribution is 7.84. The van der Waals surface area contributed by atoms with Crippen molar-refractivity contribution >= 4 is 22.1 Å². The molecule has 1 atom stereocenters. The average Bonchev–Trinajstić information content (AvgIpc) is 2.78. The SMILES string of the molecule is O=S(CCO)Cc1csc(-c2ccc(F)cc2)n1. The van der Waals surface area contributed by atoms with Crippen LogP contribution in [-0.2, 0) is 16.6 Å². The molecular formula is C12H12FNO2S2. The van der Waals surface area contributed by atoms with Crippen molar-refractivity contribution in [1.82, 2.24) is 4.98 Å². The van der Waals surface area contributed by atoms with E-state index in [2.05, 4.69) is 4.98 Å². The minimum Gasteiger partial charge on any atom is -0.395 e. The molecule has 1 N–H and O–H groups in total. The molecule has 0 spiro atoms. The molecule has 0 bridgehead atoms. The maximum atomic E-state index is 12.8. The minimum absolute atomic E-state index is 0.0818. The summed E-state index contributed by atoms with van der Waals surface area (Å²) in [6.07, 6.45) is 0. The number of hydrogen-bond acceptors (Lipinski definition) is 4. The van der Waals surface area contributed by atoms with Crippen LogP contribution >= 0.6 is 11.3 Å². The zero-order chi connectivity index (χ0) is 13.0. The van der Waals surface area contributed by atoms with Crippen LogP contribution in [0.4, 0.5) is 4.39 Å². The van der Waals surface area contributed by atoms with Crippen LogP contribution in [-0.4, -0.2) is 26.7 Å². The van der Waals surface area contributed by atoms with Gasteiger partial charge in [0, 0.05) is 27.5 Å². The van der Waals surface area contributed by atoms with E-state index in [1.807, 2.05) is 5.38 Å². The average molecular weight is 285 g/mol. The van der Waals surface area contributed by atoms with Crippen LogP contribution in [0.5, 0.6) is 0 Å². The van der Waals surface area contributed by atoms with E-state index in [-0.39, 0.29) is 18.2 Å². The van der Waals surface area contributed by atoms with Gasteiger partial charge in [-0.25, -0.2) is 9.37 Å². The van der Waals surface area contributed by atoms with Gasteiger partial charge >= 0.3 is 0 Å². The van der Waals surface area contributed by atoms with E-state index in [0.717, 1.165) is 16.3 Å². The molecule has 18 heavy (non-hydrogen) atoms. The van der Waals surface area contributed by atoms with E-state index in [9.17, 15) is 8.60 Å². The molecule has 0 amide bonds. The van der Waals surface area contributed by atoms with Gasteiger partial charge in [0.25, 0.3) is 0 Å². The Morgan fingerprint density at radius 3 is 2.72 bits per heavy atom. The molecule has 1 aromatic carbocycles. The third kappa shape index (κ3) is 3.44. The summed E-state index contributed by atoms with van der Waals surface area (Å²) in [7, 11) is -1.08. The van der Waals surface area contributed by atoms with E-state index < -0.39 is 10.8 Å². The van der Waals surface area contributed by atoms with Crippen LogP contribution in [0.1, 0.15) is 5.69 Å². The van der Waals surface area contributed by atoms with Crippen molar-refractivity contribution in [3.63, 3.8) is 0 Å². The Morgan fingerprint density at radius 2 is 2.06 bits per heavy atom. The molecule has 0 saturated carbocycles. The Labute approximate surface area is 111 Å². The lowest BCUT2D eigenvalue weighted by molar-refractivity contribution is 0.321. The Bertz CT molecular complexity index is 539. The molecule has 1 aromatic heterocycles. The Kier molecular flexibility index (Phi) is 4.57. The lowest BCUT2D eigenvalue weighted by atomic mass is 10.2. The number of halogens is 1. The van der Waals surface area contributed by atoms with Gasteiger partial charge in [0.1, 0.15) is 10.8 Å². The Balaban J connectivity index is 2.10. The maximum Gasteiger partial charge on any atom is 0.123 e. The molecule has 3 nitrogen and oxygen atoms in total.